The molecule has 0 aliphatic heterocycles. The van der Waals surface area contributed by atoms with Crippen molar-refractivity contribution in [3.63, 3.8) is 0 Å². The molecule has 0 radical (unpaired) electrons. The summed E-state index contributed by atoms with van der Waals surface area (Å²) >= 11 is 4.52. The molecule has 1 aromatic carbocycles. The normalized spacial score (nSPS) is 12.4. The molecule has 0 heterocycles. The summed E-state index contributed by atoms with van der Waals surface area (Å²) in [6, 6.07) is 6.62. The molecular formula is C17H26S. The van der Waals surface area contributed by atoms with Gasteiger partial charge in [-0.15, -0.1) is 0 Å². The fourth-order valence-electron chi connectivity index (χ4n) is 2.30. The SMILES string of the molecule is C=C(CCC)c1cccc(CC(C)CC)c1CS. The highest BCUT2D eigenvalue weighted by atomic mass is 32.1. The monoisotopic (exact) mass is 262 g/mol. The highest BCUT2D eigenvalue weighted by molar-refractivity contribution is 7.79. The first-order valence-corrected chi connectivity index (χ1v) is 7.66. The lowest BCUT2D eigenvalue weighted by atomic mass is 9.90. The quantitative estimate of drug-likeness (QED) is 0.615. The Morgan fingerprint density at radius 2 is 2.06 bits per heavy atom. The van der Waals surface area contributed by atoms with Gasteiger partial charge in [-0.25, -0.2) is 0 Å². The first-order chi connectivity index (χ1) is 8.63. The predicted molar refractivity (Wildman–Crippen MR) is 86.2 cm³/mol. The second-order valence-electron chi connectivity index (χ2n) is 5.17. The fraction of sp³-hybridized carbons (Fsp3) is 0.529. The van der Waals surface area contributed by atoms with Crippen LogP contribution < -0.4 is 0 Å². The Kier molecular flexibility index (Phi) is 6.56. The van der Waals surface area contributed by atoms with Crippen LogP contribution in [-0.2, 0) is 12.2 Å². The molecule has 100 valence electrons. The number of allylic oxidation sites excluding steroid dienone is 1. The van der Waals surface area contributed by atoms with Gasteiger partial charge in [0.15, 0.2) is 0 Å². The Hall–Kier alpha value is -0.690. The van der Waals surface area contributed by atoms with Crippen molar-refractivity contribution in [3.05, 3.63) is 41.5 Å². The Morgan fingerprint density at radius 3 is 2.61 bits per heavy atom. The lowest BCUT2D eigenvalue weighted by molar-refractivity contribution is 0.558. The highest BCUT2D eigenvalue weighted by Gasteiger charge is 2.11. The van der Waals surface area contributed by atoms with Crippen molar-refractivity contribution in [3.8, 4) is 0 Å². The summed E-state index contributed by atoms with van der Waals surface area (Å²) in [5.74, 6) is 1.54. The van der Waals surface area contributed by atoms with E-state index in [1.54, 1.807) is 0 Å². The fourth-order valence-corrected chi connectivity index (χ4v) is 2.67. The van der Waals surface area contributed by atoms with Crippen LogP contribution in [0.25, 0.3) is 5.57 Å². The topological polar surface area (TPSA) is 0 Å². The van der Waals surface area contributed by atoms with Crippen molar-refractivity contribution >= 4 is 18.2 Å². The summed E-state index contributed by atoms with van der Waals surface area (Å²) in [6.45, 7) is 11.0. The van der Waals surface area contributed by atoms with Gasteiger partial charge < -0.3 is 0 Å². The van der Waals surface area contributed by atoms with Crippen molar-refractivity contribution in [1.29, 1.82) is 0 Å². The zero-order valence-corrected chi connectivity index (χ0v) is 12.9. The van der Waals surface area contributed by atoms with Crippen molar-refractivity contribution in [2.24, 2.45) is 5.92 Å². The van der Waals surface area contributed by atoms with E-state index in [1.165, 1.54) is 28.7 Å². The molecule has 0 amide bonds. The van der Waals surface area contributed by atoms with Crippen LogP contribution in [-0.4, -0.2) is 0 Å². The van der Waals surface area contributed by atoms with E-state index in [1.807, 2.05) is 0 Å². The second kappa shape index (κ2) is 7.68. The molecule has 0 N–H and O–H groups in total. The Morgan fingerprint density at radius 1 is 1.33 bits per heavy atom. The Bertz CT molecular complexity index is 393. The number of thiol groups is 1. The summed E-state index contributed by atoms with van der Waals surface area (Å²) < 4.78 is 0. The lowest BCUT2D eigenvalue weighted by Crippen LogP contribution is -2.03. The van der Waals surface area contributed by atoms with Crippen LogP contribution in [0.1, 0.15) is 56.7 Å². The van der Waals surface area contributed by atoms with E-state index >= 15 is 0 Å². The minimum atomic E-state index is 0.735. The molecule has 1 unspecified atom stereocenters. The van der Waals surface area contributed by atoms with E-state index in [9.17, 15) is 0 Å². The Labute approximate surface area is 118 Å². The minimum Gasteiger partial charge on any atom is -0.175 e. The third-order valence-corrected chi connectivity index (χ3v) is 3.95. The molecule has 0 aliphatic rings. The number of rotatable bonds is 7. The molecular weight excluding hydrogens is 236 g/mol. The smallest absolute Gasteiger partial charge is 0.0163 e. The van der Waals surface area contributed by atoms with Gasteiger partial charge in [0, 0.05) is 5.75 Å². The summed E-state index contributed by atoms with van der Waals surface area (Å²) in [5, 5.41) is 0. The van der Waals surface area contributed by atoms with Gasteiger partial charge in [-0.2, -0.15) is 12.6 Å². The molecule has 0 bridgehead atoms. The van der Waals surface area contributed by atoms with E-state index < -0.39 is 0 Å². The van der Waals surface area contributed by atoms with Gasteiger partial charge >= 0.3 is 0 Å². The molecule has 0 spiro atoms. The van der Waals surface area contributed by atoms with Crippen LogP contribution in [0.15, 0.2) is 24.8 Å². The zero-order valence-electron chi connectivity index (χ0n) is 12.0. The maximum atomic E-state index is 4.52. The van der Waals surface area contributed by atoms with Crippen molar-refractivity contribution < 1.29 is 0 Å². The summed E-state index contributed by atoms with van der Waals surface area (Å²) in [5.41, 5.74) is 5.42. The van der Waals surface area contributed by atoms with Gasteiger partial charge in [-0.3, -0.25) is 0 Å². The maximum absolute atomic E-state index is 4.52. The molecule has 1 heteroatoms. The molecule has 0 saturated heterocycles. The number of benzene rings is 1. The van der Waals surface area contributed by atoms with Crippen LogP contribution in [0.4, 0.5) is 0 Å². The van der Waals surface area contributed by atoms with Gasteiger partial charge in [-0.05, 0) is 41.0 Å². The Balaban J connectivity index is 3.05. The molecule has 0 saturated carbocycles. The van der Waals surface area contributed by atoms with Crippen LogP contribution in [0, 0.1) is 5.92 Å². The van der Waals surface area contributed by atoms with E-state index in [-0.39, 0.29) is 0 Å². The maximum Gasteiger partial charge on any atom is 0.0163 e. The van der Waals surface area contributed by atoms with Crippen LogP contribution >= 0.6 is 12.6 Å². The van der Waals surface area contributed by atoms with Crippen LogP contribution in [0.5, 0.6) is 0 Å². The van der Waals surface area contributed by atoms with Crippen molar-refractivity contribution in [2.75, 3.05) is 0 Å². The largest absolute Gasteiger partial charge is 0.175 e. The molecule has 1 rings (SSSR count). The summed E-state index contributed by atoms with van der Waals surface area (Å²) in [6.07, 6.45) is 4.61. The average Bonchev–Trinajstić information content (AvgIpc) is 2.38. The van der Waals surface area contributed by atoms with E-state index in [2.05, 4.69) is 58.2 Å². The first-order valence-electron chi connectivity index (χ1n) is 7.03. The van der Waals surface area contributed by atoms with Crippen LogP contribution in [0.2, 0.25) is 0 Å². The third kappa shape index (κ3) is 3.91. The molecule has 0 aromatic heterocycles. The van der Waals surface area contributed by atoms with Gasteiger partial charge in [0.25, 0.3) is 0 Å². The average molecular weight is 262 g/mol. The van der Waals surface area contributed by atoms with Gasteiger partial charge in [0.2, 0.25) is 0 Å². The van der Waals surface area contributed by atoms with Gasteiger partial charge in [-0.1, -0.05) is 58.4 Å². The van der Waals surface area contributed by atoms with E-state index in [0.717, 1.165) is 30.9 Å². The van der Waals surface area contributed by atoms with Crippen LogP contribution in [0.3, 0.4) is 0 Å². The first kappa shape index (κ1) is 15.4. The number of hydrogen-bond donors (Lipinski definition) is 1. The molecule has 0 nitrogen and oxygen atoms in total. The molecule has 18 heavy (non-hydrogen) atoms. The second-order valence-corrected chi connectivity index (χ2v) is 5.49. The van der Waals surface area contributed by atoms with Gasteiger partial charge in [0.05, 0.1) is 0 Å². The highest BCUT2D eigenvalue weighted by Crippen LogP contribution is 2.27. The van der Waals surface area contributed by atoms with Crippen molar-refractivity contribution in [2.45, 2.75) is 52.2 Å². The summed E-state index contributed by atoms with van der Waals surface area (Å²) in [7, 11) is 0. The van der Waals surface area contributed by atoms with E-state index in [4.69, 9.17) is 0 Å². The third-order valence-electron chi connectivity index (χ3n) is 3.63. The predicted octanol–water partition coefficient (Wildman–Crippen LogP) is 5.52. The lowest BCUT2D eigenvalue weighted by Gasteiger charge is -2.17. The standard InChI is InChI=1S/C17H26S/c1-5-8-14(4)16-10-7-9-15(17(16)12-18)11-13(3)6-2/h7,9-10,13,18H,4-6,8,11-12H2,1-3H3. The summed E-state index contributed by atoms with van der Waals surface area (Å²) in [4.78, 5) is 0. The molecule has 0 fully saturated rings. The van der Waals surface area contributed by atoms with E-state index in [0.29, 0.717) is 0 Å². The zero-order chi connectivity index (χ0) is 13.5. The molecule has 1 atom stereocenters. The minimum absolute atomic E-state index is 0.735. The van der Waals surface area contributed by atoms with Gasteiger partial charge in [0.1, 0.15) is 0 Å². The van der Waals surface area contributed by atoms with Crippen molar-refractivity contribution in [1.82, 2.24) is 0 Å². The number of hydrogen-bond acceptors (Lipinski definition) is 1. The molecule has 0 aliphatic carbocycles. The molecule has 1 aromatic rings.